The summed E-state index contributed by atoms with van der Waals surface area (Å²) in [5.74, 6) is 1.03. The smallest absolute Gasteiger partial charge is 0.172 e. The van der Waals surface area contributed by atoms with Crippen molar-refractivity contribution in [2.75, 3.05) is 82.7 Å². The van der Waals surface area contributed by atoms with Crippen LogP contribution >= 0.6 is 0 Å². The molecule has 1 saturated carbocycles. The van der Waals surface area contributed by atoms with Gasteiger partial charge in [0, 0.05) is 70.0 Å². The highest BCUT2D eigenvalue weighted by Gasteiger charge is 2.50. The van der Waals surface area contributed by atoms with Gasteiger partial charge < -0.3 is 30.4 Å². The van der Waals surface area contributed by atoms with E-state index in [1.54, 1.807) is 6.07 Å². The van der Waals surface area contributed by atoms with Crippen molar-refractivity contribution in [3.63, 3.8) is 0 Å². The van der Waals surface area contributed by atoms with E-state index in [1.807, 2.05) is 25.2 Å². The zero-order valence-electron chi connectivity index (χ0n) is 24.1. The summed E-state index contributed by atoms with van der Waals surface area (Å²) in [7, 11) is 1.90. The summed E-state index contributed by atoms with van der Waals surface area (Å²) in [5, 5.41) is 25.9. The van der Waals surface area contributed by atoms with Gasteiger partial charge in [-0.2, -0.15) is 0 Å². The maximum atomic E-state index is 10.3. The summed E-state index contributed by atoms with van der Waals surface area (Å²) in [6.45, 7) is 11.8. The number of likely N-dealkylation sites (tertiary alicyclic amines) is 2. The molecule has 1 spiro atoms. The van der Waals surface area contributed by atoms with Crippen LogP contribution in [0.15, 0.2) is 30.3 Å². The van der Waals surface area contributed by atoms with Gasteiger partial charge in [-0.05, 0) is 88.3 Å². The summed E-state index contributed by atoms with van der Waals surface area (Å²) < 4.78 is 0. The van der Waals surface area contributed by atoms with Gasteiger partial charge in [-0.25, -0.2) is 0 Å². The summed E-state index contributed by atoms with van der Waals surface area (Å²) >= 11 is 0. The van der Waals surface area contributed by atoms with E-state index < -0.39 is 0 Å². The third kappa shape index (κ3) is 5.06. The molecule has 4 aliphatic heterocycles. The molecule has 5 aliphatic rings. The predicted octanol–water partition coefficient (Wildman–Crippen LogP) is 2.69. The molecule has 5 fully saturated rings. The SMILES string of the molecule is CNc1nnc(-c2ccccc2O)cc1N1CCN(C2CCN(C3CCN(C4CC5(CNC5)C4)CC3)CC2)CC1. The van der Waals surface area contributed by atoms with Crippen molar-refractivity contribution in [3.05, 3.63) is 30.3 Å². The minimum atomic E-state index is 0.236. The highest BCUT2D eigenvalue weighted by atomic mass is 16.3. The highest BCUT2D eigenvalue weighted by molar-refractivity contribution is 5.75. The average Bonchev–Trinajstić information content (AvgIpc) is 2.96. The molecule has 0 unspecified atom stereocenters. The quantitative estimate of drug-likeness (QED) is 0.507. The van der Waals surface area contributed by atoms with Crippen LogP contribution in [0.5, 0.6) is 5.75 Å². The van der Waals surface area contributed by atoms with Crippen LogP contribution in [0, 0.1) is 5.41 Å². The number of anilines is 2. The van der Waals surface area contributed by atoms with Gasteiger partial charge in [0.2, 0.25) is 0 Å². The van der Waals surface area contributed by atoms with Gasteiger partial charge in [0.1, 0.15) is 5.75 Å². The first-order valence-corrected chi connectivity index (χ1v) is 15.6. The number of nitrogens with one attached hydrogen (secondary N) is 2. The Bertz CT molecular complexity index is 1160. The van der Waals surface area contributed by atoms with Crippen LogP contribution in [0.1, 0.15) is 38.5 Å². The van der Waals surface area contributed by atoms with Gasteiger partial charge in [-0.15, -0.1) is 10.2 Å². The van der Waals surface area contributed by atoms with Crippen LogP contribution in [0.25, 0.3) is 11.3 Å². The number of nitrogens with zero attached hydrogens (tertiary/aromatic N) is 6. The molecule has 0 atom stereocenters. The van der Waals surface area contributed by atoms with Crippen molar-refractivity contribution in [3.8, 4) is 17.0 Å². The van der Waals surface area contributed by atoms with E-state index >= 15 is 0 Å². The maximum absolute atomic E-state index is 10.3. The molecule has 4 saturated heterocycles. The molecule has 2 aromatic rings. The number of aromatic nitrogens is 2. The lowest BCUT2D eigenvalue weighted by molar-refractivity contribution is -0.0517. The van der Waals surface area contributed by atoms with E-state index in [1.165, 1.54) is 77.8 Å². The second-order valence-corrected chi connectivity index (χ2v) is 13.0. The fourth-order valence-corrected chi connectivity index (χ4v) is 8.15. The largest absolute Gasteiger partial charge is 0.507 e. The number of phenolic OH excluding ortho intramolecular Hbond substituents is 1. The van der Waals surface area contributed by atoms with Crippen molar-refractivity contribution in [1.29, 1.82) is 0 Å². The van der Waals surface area contributed by atoms with Gasteiger partial charge in [-0.1, -0.05) is 12.1 Å². The van der Waals surface area contributed by atoms with Gasteiger partial charge in [-0.3, -0.25) is 4.90 Å². The Labute approximate surface area is 238 Å². The number of phenols is 1. The monoisotopic (exact) mass is 546 g/mol. The molecule has 40 heavy (non-hydrogen) atoms. The van der Waals surface area contributed by atoms with Crippen LogP contribution < -0.4 is 15.5 Å². The Balaban J connectivity index is 0.889. The summed E-state index contributed by atoms with van der Waals surface area (Å²) in [5.41, 5.74) is 3.18. The second kappa shape index (κ2) is 11.1. The molecule has 9 nitrogen and oxygen atoms in total. The van der Waals surface area contributed by atoms with Gasteiger partial charge >= 0.3 is 0 Å². The number of rotatable bonds is 6. The average molecular weight is 547 g/mol. The summed E-state index contributed by atoms with van der Waals surface area (Å²) in [6.07, 6.45) is 8.20. The van der Waals surface area contributed by atoms with E-state index in [-0.39, 0.29) is 5.75 Å². The van der Waals surface area contributed by atoms with Gasteiger partial charge in [0.05, 0.1) is 11.4 Å². The summed E-state index contributed by atoms with van der Waals surface area (Å²) in [4.78, 5) is 10.8. The van der Waals surface area contributed by atoms with Crippen LogP contribution in [0.3, 0.4) is 0 Å². The maximum Gasteiger partial charge on any atom is 0.172 e. The number of para-hydroxylation sites is 1. The number of hydrogen-bond acceptors (Lipinski definition) is 9. The number of piperidine rings is 2. The fourth-order valence-electron chi connectivity index (χ4n) is 8.15. The van der Waals surface area contributed by atoms with Gasteiger partial charge in [0.25, 0.3) is 0 Å². The Hall–Kier alpha value is -2.46. The van der Waals surface area contributed by atoms with Crippen LogP contribution in [0.4, 0.5) is 11.5 Å². The van der Waals surface area contributed by atoms with Crippen molar-refractivity contribution >= 4 is 11.5 Å². The first-order chi connectivity index (χ1) is 19.6. The minimum Gasteiger partial charge on any atom is -0.507 e. The predicted molar refractivity (Wildman–Crippen MR) is 160 cm³/mol. The molecule has 5 heterocycles. The molecular weight excluding hydrogens is 500 g/mol. The van der Waals surface area contributed by atoms with E-state index in [0.717, 1.165) is 55.3 Å². The van der Waals surface area contributed by atoms with E-state index in [4.69, 9.17) is 0 Å². The molecular formula is C31H46N8O. The van der Waals surface area contributed by atoms with Crippen LogP contribution in [-0.2, 0) is 0 Å². The molecule has 9 heteroatoms. The van der Waals surface area contributed by atoms with E-state index in [2.05, 4.69) is 46.5 Å². The van der Waals surface area contributed by atoms with E-state index in [0.29, 0.717) is 17.2 Å². The standard InChI is InChI=1S/C31H46N8O/c1-32-30-28(18-27(34-35-30)26-4-2-3-5-29(26)40)39-16-14-38(15-17-39)24-6-10-36(11-7-24)23-8-12-37(13-9-23)25-19-31(20-25)21-33-22-31/h2-5,18,23-25,33,40H,6-17,19-22H2,1H3,(H,32,35). The molecule has 216 valence electrons. The molecule has 0 amide bonds. The minimum absolute atomic E-state index is 0.236. The Morgan fingerprint density at radius 3 is 1.98 bits per heavy atom. The van der Waals surface area contributed by atoms with Crippen molar-refractivity contribution < 1.29 is 5.11 Å². The third-order valence-electron chi connectivity index (χ3n) is 10.7. The van der Waals surface area contributed by atoms with Crippen molar-refractivity contribution in [1.82, 2.24) is 30.2 Å². The first kappa shape index (κ1) is 26.4. The lowest BCUT2D eigenvalue weighted by atomic mass is 9.61. The van der Waals surface area contributed by atoms with E-state index in [9.17, 15) is 5.11 Å². The molecule has 7 rings (SSSR count). The van der Waals surface area contributed by atoms with Crippen LogP contribution in [0.2, 0.25) is 0 Å². The molecule has 0 radical (unpaired) electrons. The molecule has 1 aromatic carbocycles. The van der Waals surface area contributed by atoms with Crippen molar-refractivity contribution in [2.45, 2.75) is 56.7 Å². The van der Waals surface area contributed by atoms with Crippen LogP contribution in [-0.4, -0.2) is 121 Å². The molecule has 3 N–H and O–H groups in total. The van der Waals surface area contributed by atoms with Crippen molar-refractivity contribution in [2.24, 2.45) is 5.41 Å². The zero-order chi connectivity index (χ0) is 27.1. The normalized spacial score (nSPS) is 25.6. The second-order valence-electron chi connectivity index (χ2n) is 13.0. The van der Waals surface area contributed by atoms with Gasteiger partial charge in [0.15, 0.2) is 5.82 Å². The number of hydrogen-bond donors (Lipinski definition) is 3. The highest BCUT2D eigenvalue weighted by Crippen LogP contribution is 2.47. The Morgan fingerprint density at radius 1 is 0.800 bits per heavy atom. The Kier molecular flexibility index (Phi) is 7.32. The first-order valence-electron chi connectivity index (χ1n) is 15.6. The Morgan fingerprint density at radius 2 is 1.40 bits per heavy atom. The number of benzene rings is 1. The number of aromatic hydroxyl groups is 1. The molecule has 1 aliphatic carbocycles. The lowest BCUT2D eigenvalue weighted by Gasteiger charge is -2.58. The molecule has 1 aromatic heterocycles. The summed E-state index contributed by atoms with van der Waals surface area (Å²) in [6, 6.07) is 11.8. The zero-order valence-corrected chi connectivity index (χ0v) is 24.1. The molecule has 0 bridgehead atoms. The number of piperazine rings is 1. The fraction of sp³-hybridized carbons (Fsp3) is 0.677. The topological polar surface area (TPSA) is 83.0 Å². The third-order valence-corrected chi connectivity index (χ3v) is 10.7. The lowest BCUT2D eigenvalue weighted by Crippen LogP contribution is -2.66.